The van der Waals surface area contributed by atoms with Gasteiger partial charge in [-0.05, 0) is 48.0 Å². The Hall–Kier alpha value is -3.52. The molecule has 4 rings (SSSR count). The summed E-state index contributed by atoms with van der Waals surface area (Å²) in [6.45, 7) is 2.35. The first-order chi connectivity index (χ1) is 15.6. The number of rotatable bonds is 6. The molecule has 2 aromatic carbocycles. The van der Waals surface area contributed by atoms with Crippen molar-refractivity contribution >= 4 is 29.6 Å². The lowest BCUT2D eigenvalue weighted by molar-refractivity contribution is -0.126. The largest absolute Gasteiger partial charge is 0.493 e. The van der Waals surface area contributed by atoms with Gasteiger partial charge in [0.2, 0.25) is 11.7 Å². The van der Waals surface area contributed by atoms with E-state index in [-0.39, 0.29) is 5.91 Å². The van der Waals surface area contributed by atoms with E-state index in [1.807, 2.05) is 35.2 Å². The number of carbonyl (C=O) groups is 1. The highest BCUT2D eigenvalue weighted by Gasteiger charge is 2.23. The molecule has 3 aromatic rings. The fourth-order valence-electron chi connectivity index (χ4n) is 3.41. The van der Waals surface area contributed by atoms with Crippen molar-refractivity contribution in [2.24, 2.45) is 0 Å². The highest BCUT2D eigenvalue weighted by molar-refractivity contribution is 6.30. The predicted molar refractivity (Wildman–Crippen MR) is 122 cm³/mol. The van der Waals surface area contributed by atoms with Gasteiger partial charge in [-0.1, -0.05) is 22.8 Å². The number of hydrogen-bond donors (Lipinski definition) is 0. The Bertz CT molecular complexity index is 1110. The van der Waals surface area contributed by atoms with Gasteiger partial charge in [-0.2, -0.15) is 4.98 Å². The van der Waals surface area contributed by atoms with E-state index >= 15 is 0 Å². The zero-order valence-electron chi connectivity index (χ0n) is 17.8. The van der Waals surface area contributed by atoms with Gasteiger partial charge >= 0.3 is 6.01 Å². The van der Waals surface area contributed by atoms with Gasteiger partial charge in [-0.3, -0.25) is 4.79 Å². The van der Waals surface area contributed by atoms with Crippen molar-refractivity contribution in [3.05, 3.63) is 59.1 Å². The fraction of sp³-hybridized carbons (Fsp3) is 0.261. The molecule has 8 nitrogen and oxygen atoms in total. The quantitative estimate of drug-likeness (QED) is 0.524. The van der Waals surface area contributed by atoms with Crippen LogP contribution in [0.3, 0.4) is 0 Å². The Balaban J connectivity index is 1.34. The highest BCUT2D eigenvalue weighted by Crippen LogP contribution is 2.28. The zero-order chi connectivity index (χ0) is 22.5. The monoisotopic (exact) mass is 454 g/mol. The third-order valence-corrected chi connectivity index (χ3v) is 5.46. The number of halogens is 1. The van der Waals surface area contributed by atoms with Crippen LogP contribution in [0.1, 0.15) is 5.56 Å². The molecule has 9 heteroatoms. The van der Waals surface area contributed by atoms with Crippen LogP contribution < -0.4 is 14.4 Å². The van der Waals surface area contributed by atoms with E-state index in [1.54, 1.807) is 43.4 Å². The van der Waals surface area contributed by atoms with Crippen molar-refractivity contribution in [2.75, 3.05) is 45.3 Å². The molecule has 1 amide bonds. The molecular formula is C23H23ClN4O4. The van der Waals surface area contributed by atoms with Gasteiger partial charge in [-0.25, -0.2) is 0 Å². The molecule has 1 saturated heterocycles. The van der Waals surface area contributed by atoms with E-state index < -0.39 is 0 Å². The topological polar surface area (TPSA) is 80.9 Å². The summed E-state index contributed by atoms with van der Waals surface area (Å²) >= 11 is 5.93. The number of methoxy groups -OCH3 is 2. The standard InChI is InChI=1S/C23H23ClN4O4/c1-30-19-9-3-16(15-20(19)31-2)4-10-21(29)27-11-13-28(14-12-27)23-25-22(26-32-23)17-5-7-18(24)8-6-17/h3-10,15H,11-14H2,1-2H3/b10-4+. The first-order valence-corrected chi connectivity index (χ1v) is 10.5. The van der Waals surface area contributed by atoms with Crippen molar-refractivity contribution in [2.45, 2.75) is 0 Å². The van der Waals surface area contributed by atoms with Crippen LogP contribution in [0.2, 0.25) is 5.02 Å². The van der Waals surface area contributed by atoms with Gasteiger partial charge in [-0.15, -0.1) is 0 Å². The maximum Gasteiger partial charge on any atom is 0.324 e. The third-order valence-electron chi connectivity index (χ3n) is 5.21. The van der Waals surface area contributed by atoms with Gasteiger partial charge in [0.15, 0.2) is 11.5 Å². The fourth-order valence-corrected chi connectivity index (χ4v) is 3.53. The minimum absolute atomic E-state index is 0.0492. The summed E-state index contributed by atoms with van der Waals surface area (Å²) in [7, 11) is 3.17. The summed E-state index contributed by atoms with van der Waals surface area (Å²) in [6, 6.07) is 13.2. The smallest absolute Gasteiger partial charge is 0.324 e. The van der Waals surface area contributed by atoms with E-state index in [2.05, 4.69) is 10.1 Å². The Labute approximate surface area is 191 Å². The lowest BCUT2D eigenvalue weighted by Gasteiger charge is -2.32. The highest BCUT2D eigenvalue weighted by atomic mass is 35.5. The van der Waals surface area contributed by atoms with Crippen molar-refractivity contribution < 1.29 is 18.8 Å². The lowest BCUT2D eigenvalue weighted by atomic mass is 10.2. The van der Waals surface area contributed by atoms with Gasteiger partial charge in [0, 0.05) is 42.8 Å². The van der Waals surface area contributed by atoms with Crippen LogP contribution in [-0.4, -0.2) is 61.3 Å². The Kier molecular flexibility index (Phi) is 6.61. The third kappa shape index (κ3) is 4.86. The maximum absolute atomic E-state index is 12.6. The Morgan fingerprint density at radius 2 is 1.75 bits per heavy atom. The minimum atomic E-state index is -0.0492. The summed E-state index contributed by atoms with van der Waals surface area (Å²) in [5.41, 5.74) is 1.69. The molecule has 0 spiro atoms. The van der Waals surface area contributed by atoms with Crippen LogP contribution in [0.5, 0.6) is 11.5 Å². The molecule has 0 N–H and O–H groups in total. The number of piperazine rings is 1. The van der Waals surface area contributed by atoms with Crippen LogP contribution in [-0.2, 0) is 4.79 Å². The van der Waals surface area contributed by atoms with E-state index in [0.717, 1.165) is 11.1 Å². The SMILES string of the molecule is COc1ccc(/C=C/C(=O)N2CCN(c3nc(-c4ccc(Cl)cc4)no3)CC2)cc1OC. The number of hydrogen-bond acceptors (Lipinski definition) is 7. The molecule has 0 aliphatic carbocycles. The maximum atomic E-state index is 12.6. The zero-order valence-corrected chi connectivity index (χ0v) is 18.6. The van der Waals surface area contributed by atoms with E-state index in [4.69, 9.17) is 25.6 Å². The number of aromatic nitrogens is 2. The normalized spacial score (nSPS) is 14.1. The Morgan fingerprint density at radius 3 is 2.44 bits per heavy atom. The predicted octanol–water partition coefficient (Wildman–Crippen LogP) is 3.77. The molecule has 1 fully saturated rings. The van der Waals surface area contributed by atoms with E-state index in [9.17, 15) is 4.79 Å². The van der Waals surface area contributed by atoms with Crippen molar-refractivity contribution in [1.29, 1.82) is 0 Å². The average Bonchev–Trinajstić information content (AvgIpc) is 3.33. The number of carbonyl (C=O) groups excluding carboxylic acids is 1. The molecule has 1 aliphatic heterocycles. The lowest BCUT2D eigenvalue weighted by Crippen LogP contribution is -2.48. The van der Waals surface area contributed by atoms with E-state index in [0.29, 0.717) is 54.5 Å². The second kappa shape index (κ2) is 9.74. The molecule has 0 bridgehead atoms. The summed E-state index contributed by atoms with van der Waals surface area (Å²) in [4.78, 5) is 20.9. The van der Waals surface area contributed by atoms with Crippen LogP contribution >= 0.6 is 11.6 Å². The number of ether oxygens (including phenoxy) is 2. The van der Waals surface area contributed by atoms with Crippen molar-refractivity contribution in [3.8, 4) is 22.9 Å². The second-order valence-electron chi connectivity index (χ2n) is 7.17. The molecule has 0 unspecified atom stereocenters. The summed E-state index contributed by atoms with van der Waals surface area (Å²) < 4.78 is 16.0. The number of amides is 1. The van der Waals surface area contributed by atoms with Crippen molar-refractivity contribution in [1.82, 2.24) is 15.0 Å². The Morgan fingerprint density at radius 1 is 1.03 bits per heavy atom. The molecule has 2 heterocycles. The molecule has 0 saturated carbocycles. The minimum Gasteiger partial charge on any atom is -0.493 e. The second-order valence-corrected chi connectivity index (χ2v) is 7.60. The molecular weight excluding hydrogens is 432 g/mol. The summed E-state index contributed by atoms with van der Waals surface area (Å²) in [5, 5.41) is 4.70. The molecule has 166 valence electrons. The molecule has 1 aromatic heterocycles. The first kappa shape index (κ1) is 21.7. The van der Waals surface area contributed by atoms with Gasteiger partial charge < -0.3 is 23.8 Å². The van der Waals surface area contributed by atoms with E-state index in [1.165, 1.54) is 0 Å². The molecule has 1 aliphatic rings. The van der Waals surface area contributed by atoms with Crippen LogP contribution in [0.15, 0.2) is 53.1 Å². The molecule has 32 heavy (non-hydrogen) atoms. The number of nitrogens with zero attached hydrogens (tertiary/aromatic N) is 4. The summed E-state index contributed by atoms with van der Waals surface area (Å²) in [6.07, 6.45) is 3.34. The van der Waals surface area contributed by atoms with Crippen LogP contribution in [0.4, 0.5) is 6.01 Å². The molecule has 0 radical (unpaired) electrons. The van der Waals surface area contributed by atoms with Gasteiger partial charge in [0.1, 0.15) is 0 Å². The van der Waals surface area contributed by atoms with Crippen LogP contribution in [0.25, 0.3) is 17.5 Å². The first-order valence-electron chi connectivity index (χ1n) is 10.1. The van der Waals surface area contributed by atoms with Crippen molar-refractivity contribution in [3.63, 3.8) is 0 Å². The van der Waals surface area contributed by atoms with Gasteiger partial charge in [0.25, 0.3) is 0 Å². The number of benzene rings is 2. The summed E-state index contributed by atoms with van der Waals surface area (Å²) in [5.74, 6) is 1.72. The number of anilines is 1. The van der Waals surface area contributed by atoms with Gasteiger partial charge in [0.05, 0.1) is 14.2 Å². The average molecular weight is 455 g/mol. The van der Waals surface area contributed by atoms with Crippen LogP contribution in [0, 0.1) is 0 Å². The molecule has 0 atom stereocenters.